The molecule has 0 aliphatic carbocycles. The van der Waals surface area contributed by atoms with E-state index in [0.29, 0.717) is 11.6 Å². The molecule has 1 aliphatic rings. The van der Waals surface area contributed by atoms with Crippen molar-refractivity contribution in [1.82, 2.24) is 24.5 Å². The molecule has 0 spiro atoms. The van der Waals surface area contributed by atoms with E-state index in [0.717, 1.165) is 31.0 Å². The second kappa shape index (κ2) is 7.14. The van der Waals surface area contributed by atoms with Crippen LogP contribution < -0.4 is 15.4 Å². The van der Waals surface area contributed by atoms with Crippen molar-refractivity contribution in [3.8, 4) is 11.3 Å². The molecule has 8 nitrogen and oxygen atoms in total. The van der Waals surface area contributed by atoms with Gasteiger partial charge in [-0.05, 0) is 19.1 Å². The van der Waals surface area contributed by atoms with Gasteiger partial charge < -0.3 is 9.80 Å². The van der Waals surface area contributed by atoms with Gasteiger partial charge >= 0.3 is 0 Å². The van der Waals surface area contributed by atoms with Gasteiger partial charge in [0.25, 0.3) is 5.56 Å². The van der Waals surface area contributed by atoms with Crippen LogP contribution in [0.15, 0.2) is 54.0 Å². The van der Waals surface area contributed by atoms with E-state index in [1.807, 2.05) is 12.1 Å². The highest BCUT2D eigenvalue weighted by Crippen LogP contribution is 2.23. The summed E-state index contributed by atoms with van der Waals surface area (Å²) in [6.07, 6.45) is 8.57. The van der Waals surface area contributed by atoms with Gasteiger partial charge in [-0.2, -0.15) is 0 Å². The summed E-state index contributed by atoms with van der Waals surface area (Å²) in [5.41, 5.74) is 1.48. The standard InChI is InChI=1S/C19H21N7O/c1-14-13-25(17-12-21-7-8-22-17)9-10-26(14)19-23-16(11-18(27)24(19)2)15-3-5-20-6-4-15/h3-8,11-12,14H,9-10,13H2,1-2H3/t14-/m1/s1. The largest absolute Gasteiger partial charge is 0.352 e. The van der Waals surface area contributed by atoms with Crippen LogP contribution in [0.2, 0.25) is 0 Å². The van der Waals surface area contributed by atoms with Crippen LogP contribution in [0.5, 0.6) is 0 Å². The molecular weight excluding hydrogens is 342 g/mol. The molecule has 1 aliphatic heterocycles. The number of rotatable bonds is 3. The second-order valence-electron chi connectivity index (χ2n) is 6.63. The van der Waals surface area contributed by atoms with E-state index in [2.05, 4.69) is 31.7 Å². The first-order valence-corrected chi connectivity index (χ1v) is 8.89. The van der Waals surface area contributed by atoms with Gasteiger partial charge in [0.05, 0.1) is 11.9 Å². The van der Waals surface area contributed by atoms with Crippen LogP contribution in [0.25, 0.3) is 11.3 Å². The minimum Gasteiger partial charge on any atom is -0.352 e. The Morgan fingerprint density at radius 3 is 2.59 bits per heavy atom. The monoisotopic (exact) mass is 363 g/mol. The highest BCUT2D eigenvalue weighted by Gasteiger charge is 2.27. The molecule has 0 N–H and O–H groups in total. The Bertz CT molecular complexity index is 974. The van der Waals surface area contributed by atoms with Crippen molar-refractivity contribution in [2.75, 3.05) is 29.4 Å². The number of anilines is 2. The summed E-state index contributed by atoms with van der Waals surface area (Å²) in [5, 5.41) is 0. The van der Waals surface area contributed by atoms with Crippen molar-refractivity contribution in [1.29, 1.82) is 0 Å². The summed E-state index contributed by atoms with van der Waals surface area (Å²) in [4.78, 5) is 34.3. The number of piperazine rings is 1. The van der Waals surface area contributed by atoms with Crippen molar-refractivity contribution in [2.45, 2.75) is 13.0 Å². The van der Waals surface area contributed by atoms with Crippen LogP contribution in [-0.4, -0.2) is 50.2 Å². The Balaban J connectivity index is 1.64. The summed E-state index contributed by atoms with van der Waals surface area (Å²) in [6, 6.07) is 5.47. The molecule has 3 aromatic heterocycles. The fraction of sp³-hybridized carbons (Fsp3) is 0.316. The van der Waals surface area contributed by atoms with E-state index in [-0.39, 0.29) is 11.6 Å². The molecule has 0 saturated carbocycles. The van der Waals surface area contributed by atoms with Gasteiger partial charge in [0.2, 0.25) is 5.95 Å². The van der Waals surface area contributed by atoms with Crippen LogP contribution in [0.1, 0.15) is 6.92 Å². The summed E-state index contributed by atoms with van der Waals surface area (Å²) in [5.74, 6) is 1.55. The molecule has 0 amide bonds. The topological polar surface area (TPSA) is 80.0 Å². The Hall–Kier alpha value is -3.29. The average Bonchev–Trinajstić information content (AvgIpc) is 2.71. The zero-order valence-corrected chi connectivity index (χ0v) is 15.4. The van der Waals surface area contributed by atoms with Crippen molar-refractivity contribution >= 4 is 11.8 Å². The van der Waals surface area contributed by atoms with Crippen LogP contribution in [0.3, 0.4) is 0 Å². The first-order chi connectivity index (χ1) is 13.1. The fourth-order valence-corrected chi connectivity index (χ4v) is 3.37. The molecule has 1 saturated heterocycles. The number of aromatic nitrogens is 5. The van der Waals surface area contributed by atoms with Gasteiger partial charge in [0.15, 0.2) is 0 Å². The minimum absolute atomic E-state index is 0.0737. The number of hydrogen-bond donors (Lipinski definition) is 0. The molecule has 0 bridgehead atoms. The lowest BCUT2D eigenvalue weighted by atomic mass is 10.2. The zero-order chi connectivity index (χ0) is 18.8. The normalized spacial score (nSPS) is 17.2. The third kappa shape index (κ3) is 3.38. The first kappa shape index (κ1) is 17.1. The molecule has 0 radical (unpaired) electrons. The maximum Gasteiger partial charge on any atom is 0.255 e. The highest BCUT2D eigenvalue weighted by atomic mass is 16.1. The third-order valence-corrected chi connectivity index (χ3v) is 4.85. The van der Waals surface area contributed by atoms with Crippen LogP contribution in [0, 0.1) is 0 Å². The van der Waals surface area contributed by atoms with Crippen LogP contribution >= 0.6 is 0 Å². The molecule has 3 aromatic rings. The Labute approximate surface area is 157 Å². The van der Waals surface area contributed by atoms with Crippen molar-refractivity contribution in [2.24, 2.45) is 7.05 Å². The molecule has 4 rings (SSSR count). The molecular formula is C19H21N7O. The lowest BCUT2D eigenvalue weighted by molar-refractivity contribution is 0.526. The maximum atomic E-state index is 12.5. The van der Waals surface area contributed by atoms with E-state index in [9.17, 15) is 4.79 Å². The van der Waals surface area contributed by atoms with Gasteiger partial charge in [0, 0.05) is 69.1 Å². The zero-order valence-electron chi connectivity index (χ0n) is 15.4. The summed E-state index contributed by atoms with van der Waals surface area (Å²) in [6.45, 7) is 4.46. The Kier molecular flexibility index (Phi) is 4.53. The molecule has 0 aromatic carbocycles. The fourth-order valence-electron chi connectivity index (χ4n) is 3.37. The molecule has 0 unspecified atom stereocenters. The minimum atomic E-state index is -0.0737. The molecule has 27 heavy (non-hydrogen) atoms. The lowest BCUT2D eigenvalue weighted by Gasteiger charge is -2.41. The lowest BCUT2D eigenvalue weighted by Crippen LogP contribution is -2.53. The first-order valence-electron chi connectivity index (χ1n) is 8.89. The van der Waals surface area contributed by atoms with Gasteiger partial charge in [-0.15, -0.1) is 0 Å². The van der Waals surface area contributed by atoms with Gasteiger partial charge in [-0.25, -0.2) is 9.97 Å². The summed E-state index contributed by atoms with van der Waals surface area (Å²) in [7, 11) is 1.77. The molecule has 138 valence electrons. The number of hydrogen-bond acceptors (Lipinski definition) is 7. The predicted molar refractivity (Wildman–Crippen MR) is 104 cm³/mol. The van der Waals surface area contributed by atoms with E-state index in [1.165, 1.54) is 0 Å². The van der Waals surface area contributed by atoms with E-state index >= 15 is 0 Å². The van der Waals surface area contributed by atoms with Crippen molar-refractivity contribution < 1.29 is 0 Å². The van der Waals surface area contributed by atoms with E-state index in [1.54, 1.807) is 48.7 Å². The smallest absolute Gasteiger partial charge is 0.255 e. The molecule has 1 atom stereocenters. The van der Waals surface area contributed by atoms with Gasteiger partial charge in [0.1, 0.15) is 5.82 Å². The molecule has 4 heterocycles. The third-order valence-electron chi connectivity index (χ3n) is 4.85. The van der Waals surface area contributed by atoms with E-state index < -0.39 is 0 Å². The second-order valence-corrected chi connectivity index (χ2v) is 6.63. The van der Waals surface area contributed by atoms with E-state index in [4.69, 9.17) is 4.98 Å². The Morgan fingerprint density at radius 1 is 1.07 bits per heavy atom. The molecule has 8 heteroatoms. The van der Waals surface area contributed by atoms with Crippen molar-refractivity contribution in [3.63, 3.8) is 0 Å². The number of pyridine rings is 1. The average molecular weight is 363 g/mol. The summed E-state index contributed by atoms with van der Waals surface area (Å²) >= 11 is 0. The SMILES string of the molecule is C[C@@H]1CN(c2cnccn2)CCN1c1nc(-c2ccncc2)cc(=O)n1C. The quantitative estimate of drug-likeness (QED) is 0.695. The van der Waals surface area contributed by atoms with Gasteiger partial charge in [-0.1, -0.05) is 0 Å². The predicted octanol–water partition coefficient (Wildman–Crippen LogP) is 1.35. The summed E-state index contributed by atoms with van der Waals surface area (Å²) < 4.78 is 1.61. The van der Waals surface area contributed by atoms with Crippen LogP contribution in [0.4, 0.5) is 11.8 Å². The number of nitrogens with zero attached hydrogens (tertiary/aromatic N) is 7. The Morgan fingerprint density at radius 2 is 1.89 bits per heavy atom. The maximum absolute atomic E-state index is 12.5. The highest BCUT2D eigenvalue weighted by molar-refractivity contribution is 5.59. The van der Waals surface area contributed by atoms with Crippen LogP contribution in [-0.2, 0) is 7.05 Å². The van der Waals surface area contributed by atoms with Crippen molar-refractivity contribution in [3.05, 3.63) is 59.5 Å². The van der Waals surface area contributed by atoms with Gasteiger partial charge in [-0.3, -0.25) is 19.3 Å². The molecule has 1 fully saturated rings.